The largest absolute Gasteiger partial charge is 0.480 e. The van der Waals surface area contributed by atoms with E-state index in [2.05, 4.69) is 52.7 Å². The number of aromatic nitrogens is 2. The molecule has 4 aromatic rings. The number of nitrogens with zero attached hydrogens (tertiary/aromatic N) is 2. The number of aliphatic hydroxyl groups is 1. The normalized spacial score (nSPS) is 16.2. The highest BCUT2D eigenvalue weighted by molar-refractivity contribution is 7.99. The van der Waals surface area contributed by atoms with Gasteiger partial charge in [0.05, 0.1) is 24.4 Å². The van der Waals surface area contributed by atoms with Gasteiger partial charge in [0.25, 0.3) is 0 Å². The van der Waals surface area contributed by atoms with Gasteiger partial charge >= 0.3 is 0 Å². The van der Waals surface area contributed by atoms with Gasteiger partial charge in [-0.2, -0.15) is 4.98 Å². The third-order valence-corrected chi connectivity index (χ3v) is 6.83. The Balaban J connectivity index is 1.52. The summed E-state index contributed by atoms with van der Waals surface area (Å²) in [5.74, 6) is 0.609. The molecule has 2 aromatic carbocycles. The van der Waals surface area contributed by atoms with E-state index in [1.807, 2.05) is 18.3 Å². The number of hydrogen-bond donors (Lipinski definition) is 1. The van der Waals surface area contributed by atoms with Gasteiger partial charge in [0, 0.05) is 41.2 Å². The van der Waals surface area contributed by atoms with E-state index in [9.17, 15) is 5.11 Å². The van der Waals surface area contributed by atoms with Gasteiger partial charge in [0.15, 0.2) is 0 Å². The van der Waals surface area contributed by atoms with Crippen molar-refractivity contribution in [3.8, 4) is 5.88 Å². The topological polar surface area (TPSA) is 56.0 Å². The summed E-state index contributed by atoms with van der Waals surface area (Å²) in [5.41, 5.74) is 3.34. The second kappa shape index (κ2) is 7.61. The molecule has 154 valence electrons. The predicted octanol–water partition coefficient (Wildman–Crippen LogP) is 4.95. The van der Waals surface area contributed by atoms with Crippen LogP contribution in [0.3, 0.4) is 0 Å². The predicted molar refractivity (Wildman–Crippen MR) is 119 cm³/mol. The van der Waals surface area contributed by atoms with E-state index in [4.69, 9.17) is 9.47 Å². The van der Waals surface area contributed by atoms with E-state index in [0.29, 0.717) is 31.9 Å². The average molecular weight is 421 g/mol. The van der Waals surface area contributed by atoms with Crippen LogP contribution < -0.4 is 4.74 Å². The van der Waals surface area contributed by atoms with Gasteiger partial charge in [-0.15, -0.1) is 0 Å². The summed E-state index contributed by atoms with van der Waals surface area (Å²) in [6.45, 7) is 3.30. The van der Waals surface area contributed by atoms with Crippen LogP contribution in [0.5, 0.6) is 5.88 Å². The Hall–Kier alpha value is -2.54. The van der Waals surface area contributed by atoms with Crippen LogP contribution in [0, 0.1) is 6.92 Å². The fourth-order valence-corrected chi connectivity index (χ4v) is 5.04. The summed E-state index contributed by atoms with van der Waals surface area (Å²) in [4.78, 5) is 6.77. The number of rotatable bonds is 4. The Labute approximate surface area is 179 Å². The molecule has 30 heavy (non-hydrogen) atoms. The molecule has 1 fully saturated rings. The van der Waals surface area contributed by atoms with E-state index < -0.39 is 5.60 Å². The number of ether oxygens (including phenoxy) is 2. The zero-order valence-electron chi connectivity index (χ0n) is 17.1. The van der Waals surface area contributed by atoms with Crippen molar-refractivity contribution in [1.29, 1.82) is 0 Å². The van der Waals surface area contributed by atoms with E-state index in [-0.39, 0.29) is 0 Å². The molecule has 1 saturated heterocycles. The fourth-order valence-electron chi connectivity index (χ4n) is 4.13. The van der Waals surface area contributed by atoms with E-state index in [0.717, 1.165) is 26.5 Å². The summed E-state index contributed by atoms with van der Waals surface area (Å²) in [5, 5.41) is 12.2. The lowest BCUT2D eigenvalue weighted by Gasteiger charge is -2.32. The van der Waals surface area contributed by atoms with Crippen LogP contribution in [0.1, 0.15) is 24.0 Å². The zero-order valence-corrected chi connectivity index (χ0v) is 17.9. The third-order valence-electron chi connectivity index (χ3n) is 5.85. The number of imidazole rings is 1. The SMILES string of the molecule is COc1cn2c(cc(C)c3ccc(Sc4cccc(C5(O)CCOCC5)c4)cc32)n1. The van der Waals surface area contributed by atoms with Crippen LogP contribution in [0.4, 0.5) is 0 Å². The average Bonchev–Trinajstić information content (AvgIpc) is 3.18. The van der Waals surface area contributed by atoms with Crippen molar-refractivity contribution in [3.05, 3.63) is 65.9 Å². The van der Waals surface area contributed by atoms with Crippen molar-refractivity contribution < 1.29 is 14.6 Å². The first kappa shape index (κ1) is 19.4. The molecular formula is C24H24N2O3S. The summed E-state index contributed by atoms with van der Waals surface area (Å²) < 4.78 is 12.8. The van der Waals surface area contributed by atoms with Crippen molar-refractivity contribution in [2.45, 2.75) is 35.2 Å². The molecule has 0 saturated carbocycles. The van der Waals surface area contributed by atoms with Gasteiger partial charge in [0.1, 0.15) is 5.65 Å². The molecule has 5 nitrogen and oxygen atoms in total. The fraction of sp³-hybridized carbons (Fsp3) is 0.292. The lowest BCUT2D eigenvalue weighted by atomic mass is 9.87. The maximum absolute atomic E-state index is 11.0. The minimum absolute atomic E-state index is 0.599. The molecule has 0 spiro atoms. The van der Waals surface area contributed by atoms with Crippen molar-refractivity contribution in [2.75, 3.05) is 20.3 Å². The first-order chi connectivity index (χ1) is 14.6. The van der Waals surface area contributed by atoms with Crippen LogP contribution in [0.2, 0.25) is 0 Å². The number of aryl methyl sites for hydroxylation is 1. The number of methoxy groups -OCH3 is 1. The summed E-state index contributed by atoms with van der Waals surface area (Å²) in [6, 6.07) is 16.8. The molecular weight excluding hydrogens is 396 g/mol. The van der Waals surface area contributed by atoms with Crippen LogP contribution >= 0.6 is 11.8 Å². The van der Waals surface area contributed by atoms with Crippen molar-refractivity contribution in [2.24, 2.45) is 0 Å². The lowest BCUT2D eigenvalue weighted by molar-refractivity contribution is -0.0680. The molecule has 1 N–H and O–H groups in total. The zero-order chi connectivity index (χ0) is 20.7. The van der Waals surface area contributed by atoms with Gasteiger partial charge in [-0.3, -0.25) is 4.40 Å². The highest BCUT2D eigenvalue weighted by atomic mass is 32.2. The number of benzene rings is 2. The van der Waals surface area contributed by atoms with E-state index in [1.165, 1.54) is 10.9 Å². The standard InChI is InChI=1S/C24H24N2O3S/c1-16-12-22-25-23(28-2)15-26(22)21-14-19(6-7-20(16)21)30-18-5-3-4-17(13-18)24(27)8-10-29-11-9-24/h3-7,12-15,27H,8-11H2,1-2H3. The van der Waals surface area contributed by atoms with Gasteiger partial charge in [0.2, 0.25) is 5.88 Å². The molecule has 3 heterocycles. The highest BCUT2D eigenvalue weighted by Gasteiger charge is 2.31. The molecule has 1 aliphatic rings. The van der Waals surface area contributed by atoms with Crippen LogP contribution in [0.15, 0.2) is 64.5 Å². The maximum Gasteiger partial charge on any atom is 0.232 e. The van der Waals surface area contributed by atoms with E-state index in [1.54, 1.807) is 18.9 Å². The number of hydrogen-bond acceptors (Lipinski definition) is 5. The Kier molecular flexibility index (Phi) is 4.93. The second-order valence-corrected chi connectivity index (χ2v) is 8.94. The summed E-state index contributed by atoms with van der Waals surface area (Å²) in [7, 11) is 1.64. The molecule has 0 bridgehead atoms. The Morgan fingerprint density at radius 3 is 2.70 bits per heavy atom. The van der Waals surface area contributed by atoms with Crippen molar-refractivity contribution >= 4 is 28.3 Å². The Bertz CT molecular complexity index is 1230. The van der Waals surface area contributed by atoms with Crippen molar-refractivity contribution in [1.82, 2.24) is 9.38 Å². The molecule has 5 rings (SSSR count). The number of pyridine rings is 1. The second-order valence-electron chi connectivity index (χ2n) is 7.79. The molecule has 1 aliphatic heterocycles. The third kappa shape index (κ3) is 3.45. The lowest BCUT2D eigenvalue weighted by Crippen LogP contribution is -2.33. The highest BCUT2D eigenvalue weighted by Crippen LogP contribution is 2.37. The maximum atomic E-state index is 11.0. The molecule has 6 heteroatoms. The van der Waals surface area contributed by atoms with Crippen molar-refractivity contribution in [3.63, 3.8) is 0 Å². The smallest absolute Gasteiger partial charge is 0.232 e. The van der Waals surface area contributed by atoms with Crippen LogP contribution in [-0.4, -0.2) is 34.8 Å². The van der Waals surface area contributed by atoms with Crippen LogP contribution in [0.25, 0.3) is 16.6 Å². The molecule has 0 atom stereocenters. The Morgan fingerprint density at radius 1 is 1.10 bits per heavy atom. The molecule has 0 amide bonds. The number of fused-ring (bicyclic) bond motifs is 3. The molecule has 0 aliphatic carbocycles. The van der Waals surface area contributed by atoms with Gasteiger partial charge in [-0.05, 0) is 48.4 Å². The Morgan fingerprint density at radius 2 is 1.90 bits per heavy atom. The first-order valence-corrected chi connectivity index (χ1v) is 10.9. The molecule has 2 aromatic heterocycles. The minimum Gasteiger partial charge on any atom is -0.480 e. The molecule has 0 radical (unpaired) electrons. The monoisotopic (exact) mass is 420 g/mol. The molecule has 0 unspecified atom stereocenters. The van der Waals surface area contributed by atoms with Gasteiger partial charge in [-0.25, -0.2) is 0 Å². The summed E-state index contributed by atoms with van der Waals surface area (Å²) in [6.07, 6.45) is 3.19. The van der Waals surface area contributed by atoms with Gasteiger partial charge in [-0.1, -0.05) is 30.0 Å². The van der Waals surface area contributed by atoms with E-state index >= 15 is 0 Å². The quantitative estimate of drug-likeness (QED) is 0.506. The van der Waals surface area contributed by atoms with Gasteiger partial charge < -0.3 is 14.6 Å². The minimum atomic E-state index is -0.797. The summed E-state index contributed by atoms with van der Waals surface area (Å²) >= 11 is 1.70. The first-order valence-electron chi connectivity index (χ1n) is 10.1. The van der Waals surface area contributed by atoms with Crippen LogP contribution in [-0.2, 0) is 10.3 Å².